The van der Waals surface area contributed by atoms with E-state index in [4.69, 9.17) is 9.47 Å². The molecule has 1 fully saturated rings. The number of Topliss-reactive ketones (excluding diaryl/α,β-unsaturated/α-hetero) is 1. The number of carbonyl (C=O) groups is 3. The zero-order valence-electron chi connectivity index (χ0n) is 12.7. The lowest BCUT2D eigenvalue weighted by Gasteiger charge is -2.29. The molecule has 0 aromatic heterocycles. The summed E-state index contributed by atoms with van der Waals surface area (Å²) in [4.78, 5) is 37.5. The predicted octanol–water partition coefficient (Wildman–Crippen LogP) is 1.29. The first-order valence-corrected chi connectivity index (χ1v) is 7.19. The minimum atomic E-state index is -0.750. The second-order valence-corrected chi connectivity index (χ2v) is 5.01. The van der Waals surface area contributed by atoms with Gasteiger partial charge in [0.15, 0.2) is 5.78 Å². The molecule has 1 aliphatic rings. The Balaban J connectivity index is 2.01. The van der Waals surface area contributed by atoms with Crippen LogP contribution in [0, 0.1) is 5.92 Å². The van der Waals surface area contributed by atoms with Crippen molar-refractivity contribution in [2.45, 2.75) is 13.3 Å². The van der Waals surface area contributed by atoms with E-state index in [9.17, 15) is 14.4 Å². The maximum atomic E-state index is 12.4. The molecular formula is C16H19NO5. The van der Waals surface area contributed by atoms with E-state index in [0.29, 0.717) is 24.3 Å². The molecule has 1 aliphatic heterocycles. The Morgan fingerprint density at radius 3 is 2.50 bits per heavy atom. The van der Waals surface area contributed by atoms with Gasteiger partial charge in [0.25, 0.3) is 5.91 Å². The molecule has 0 saturated carbocycles. The SMILES string of the molecule is CCOC(=O)C1CCN(C(=O)c2ccc(OC)cc2)CC1=O. The number of carbonyl (C=O) groups excluding carboxylic acids is 3. The zero-order valence-corrected chi connectivity index (χ0v) is 12.7. The van der Waals surface area contributed by atoms with Gasteiger partial charge in [0.1, 0.15) is 11.7 Å². The van der Waals surface area contributed by atoms with Gasteiger partial charge in [-0.1, -0.05) is 0 Å². The molecule has 0 bridgehead atoms. The van der Waals surface area contributed by atoms with Gasteiger partial charge in [0, 0.05) is 12.1 Å². The van der Waals surface area contributed by atoms with Gasteiger partial charge in [-0.25, -0.2) is 0 Å². The van der Waals surface area contributed by atoms with Crippen molar-refractivity contribution in [3.8, 4) is 5.75 Å². The molecule has 118 valence electrons. The maximum Gasteiger partial charge on any atom is 0.316 e. The summed E-state index contributed by atoms with van der Waals surface area (Å²) >= 11 is 0. The number of ketones is 1. The number of likely N-dealkylation sites (tertiary alicyclic amines) is 1. The van der Waals surface area contributed by atoms with Crippen molar-refractivity contribution in [1.82, 2.24) is 4.90 Å². The van der Waals surface area contributed by atoms with Gasteiger partial charge in [0.05, 0.1) is 20.3 Å². The van der Waals surface area contributed by atoms with Gasteiger partial charge in [-0.2, -0.15) is 0 Å². The molecular weight excluding hydrogens is 286 g/mol. The van der Waals surface area contributed by atoms with E-state index >= 15 is 0 Å². The van der Waals surface area contributed by atoms with Crippen LogP contribution in [0.5, 0.6) is 5.75 Å². The molecule has 0 N–H and O–H groups in total. The Morgan fingerprint density at radius 1 is 1.27 bits per heavy atom. The molecule has 6 nitrogen and oxygen atoms in total. The Labute approximate surface area is 129 Å². The first-order valence-electron chi connectivity index (χ1n) is 7.19. The van der Waals surface area contributed by atoms with Gasteiger partial charge in [-0.3, -0.25) is 14.4 Å². The van der Waals surface area contributed by atoms with Crippen molar-refractivity contribution >= 4 is 17.7 Å². The highest BCUT2D eigenvalue weighted by Crippen LogP contribution is 2.19. The summed E-state index contributed by atoms with van der Waals surface area (Å²) in [6.45, 7) is 2.25. The number of hydrogen-bond donors (Lipinski definition) is 0. The molecule has 1 aromatic carbocycles. The average molecular weight is 305 g/mol. The molecule has 1 amide bonds. The number of amides is 1. The fraction of sp³-hybridized carbons (Fsp3) is 0.438. The van der Waals surface area contributed by atoms with E-state index in [1.54, 1.807) is 38.3 Å². The number of piperidine rings is 1. The number of nitrogens with zero attached hydrogens (tertiary/aromatic N) is 1. The van der Waals surface area contributed by atoms with Crippen LogP contribution in [0.3, 0.4) is 0 Å². The normalized spacial score (nSPS) is 18.0. The molecule has 1 heterocycles. The molecule has 1 saturated heterocycles. The Hall–Kier alpha value is -2.37. The van der Waals surface area contributed by atoms with Crippen molar-refractivity contribution in [2.75, 3.05) is 26.8 Å². The molecule has 0 spiro atoms. The van der Waals surface area contributed by atoms with Crippen molar-refractivity contribution in [3.05, 3.63) is 29.8 Å². The first-order chi connectivity index (χ1) is 10.6. The maximum absolute atomic E-state index is 12.4. The quantitative estimate of drug-likeness (QED) is 0.619. The average Bonchev–Trinajstić information content (AvgIpc) is 2.54. The highest BCUT2D eigenvalue weighted by atomic mass is 16.5. The summed E-state index contributed by atoms with van der Waals surface area (Å²) in [5, 5.41) is 0. The van der Waals surface area contributed by atoms with Gasteiger partial charge in [-0.15, -0.1) is 0 Å². The van der Waals surface area contributed by atoms with Crippen molar-refractivity contribution in [2.24, 2.45) is 5.92 Å². The summed E-state index contributed by atoms with van der Waals surface area (Å²) in [6, 6.07) is 6.70. The number of esters is 1. The standard InChI is InChI=1S/C16H19NO5/c1-3-22-16(20)13-8-9-17(10-14(13)18)15(19)11-4-6-12(21-2)7-5-11/h4-7,13H,3,8-10H2,1-2H3. The second kappa shape index (κ2) is 7.06. The lowest BCUT2D eigenvalue weighted by molar-refractivity contribution is -0.153. The summed E-state index contributed by atoms with van der Waals surface area (Å²) in [7, 11) is 1.55. The molecule has 1 aromatic rings. The fourth-order valence-corrected chi connectivity index (χ4v) is 2.40. The van der Waals surface area contributed by atoms with Crippen molar-refractivity contribution < 1.29 is 23.9 Å². The lowest BCUT2D eigenvalue weighted by Crippen LogP contribution is -2.46. The number of ether oxygens (including phenoxy) is 2. The molecule has 2 rings (SSSR count). The van der Waals surface area contributed by atoms with Crippen LogP contribution in [-0.2, 0) is 14.3 Å². The van der Waals surface area contributed by atoms with Crippen LogP contribution in [0.25, 0.3) is 0 Å². The summed E-state index contributed by atoms with van der Waals surface area (Å²) in [6.07, 6.45) is 0.305. The van der Waals surface area contributed by atoms with Gasteiger partial charge >= 0.3 is 5.97 Å². The van der Waals surface area contributed by atoms with E-state index in [1.807, 2.05) is 0 Å². The van der Waals surface area contributed by atoms with Crippen LogP contribution >= 0.6 is 0 Å². The third kappa shape index (κ3) is 3.44. The molecule has 1 unspecified atom stereocenters. The number of rotatable bonds is 4. The molecule has 1 atom stereocenters. The van der Waals surface area contributed by atoms with E-state index in [-0.39, 0.29) is 24.8 Å². The van der Waals surface area contributed by atoms with E-state index < -0.39 is 11.9 Å². The van der Waals surface area contributed by atoms with Crippen LogP contribution in [0.1, 0.15) is 23.7 Å². The fourth-order valence-electron chi connectivity index (χ4n) is 2.40. The Morgan fingerprint density at radius 2 is 1.95 bits per heavy atom. The second-order valence-electron chi connectivity index (χ2n) is 5.01. The topological polar surface area (TPSA) is 72.9 Å². The summed E-state index contributed by atoms with van der Waals surface area (Å²) < 4.78 is 9.92. The largest absolute Gasteiger partial charge is 0.497 e. The van der Waals surface area contributed by atoms with Crippen LogP contribution in [0.4, 0.5) is 0 Å². The highest BCUT2D eigenvalue weighted by Gasteiger charge is 2.35. The zero-order chi connectivity index (χ0) is 16.1. The van der Waals surface area contributed by atoms with Crippen molar-refractivity contribution in [3.63, 3.8) is 0 Å². The van der Waals surface area contributed by atoms with Gasteiger partial charge in [-0.05, 0) is 37.6 Å². The first kappa shape index (κ1) is 16.0. The summed E-state index contributed by atoms with van der Waals surface area (Å²) in [5.74, 6) is -1.08. The Kier molecular flexibility index (Phi) is 5.14. The molecule has 0 aliphatic carbocycles. The number of benzene rings is 1. The lowest BCUT2D eigenvalue weighted by atomic mass is 9.95. The third-order valence-electron chi connectivity index (χ3n) is 3.62. The van der Waals surface area contributed by atoms with Gasteiger partial charge in [0.2, 0.25) is 0 Å². The minimum Gasteiger partial charge on any atom is -0.497 e. The predicted molar refractivity (Wildman–Crippen MR) is 78.6 cm³/mol. The van der Waals surface area contributed by atoms with E-state index in [1.165, 1.54) is 4.90 Å². The van der Waals surface area contributed by atoms with Crippen LogP contribution < -0.4 is 4.74 Å². The molecule has 22 heavy (non-hydrogen) atoms. The van der Waals surface area contributed by atoms with Crippen LogP contribution in [-0.4, -0.2) is 49.4 Å². The summed E-state index contributed by atoms with van der Waals surface area (Å²) in [5.41, 5.74) is 0.489. The van der Waals surface area contributed by atoms with Crippen molar-refractivity contribution in [1.29, 1.82) is 0 Å². The Bertz CT molecular complexity index is 566. The number of hydrogen-bond acceptors (Lipinski definition) is 5. The van der Waals surface area contributed by atoms with Crippen LogP contribution in [0.2, 0.25) is 0 Å². The molecule has 0 radical (unpaired) electrons. The number of methoxy groups -OCH3 is 1. The molecule has 6 heteroatoms. The van der Waals surface area contributed by atoms with E-state index in [2.05, 4.69) is 0 Å². The van der Waals surface area contributed by atoms with Crippen LogP contribution in [0.15, 0.2) is 24.3 Å². The van der Waals surface area contributed by atoms with E-state index in [0.717, 1.165) is 0 Å². The monoisotopic (exact) mass is 305 g/mol. The smallest absolute Gasteiger partial charge is 0.316 e. The highest BCUT2D eigenvalue weighted by molar-refractivity contribution is 6.04. The third-order valence-corrected chi connectivity index (χ3v) is 3.62. The van der Waals surface area contributed by atoms with Gasteiger partial charge < -0.3 is 14.4 Å². The minimum absolute atomic E-state index is 0.0612.